The predicted molar refractivity (Wildman–Crippen MR) is 78.3 cm³/mol. The minimum atomic E-state index is -0.0935. The monoisotopic (exact) mass is 272 g/mol. The highest BCUT2D eigenvalue weighted by Gasteiger charge is 2.07. The molecule has 0 fully saturated rings. The number of carbonyl (C=O) groups excluding carboxylic acids is 1. The predicted octanol–water partition coefficient (Wildman–Crippen LogP) is 1.55. The smallest absolute Gasteiger partial charge is 0.254 e. The zero-order chi connectivity index (χ0) is 14.4. The molecule has 0 aliphatic carbocycles. The minimum Gasteiger partial charge on any atom is -0.348 e. The summed E-state index contributed by atoms with van der Waals surface area (Å²) in [6.45, 7) is 4.13. The standard InChI is InChI=1S/C15H20N4O/c1-3-19-11-14(10-18-19)15(20)17-9-13-6-4-12(5-7-13)8-16-2/h4-7,10-11,16H,3,8-9H2,1-2H3,(H,17,20). The second kappa shape index (κ2) is 6.86. The lowest BCUT2D eigenvalue weighted by Crippen LogP contribution is -2.22. The zero-order valence-electron chi connectivity index (χ0n) is 11.9. The molecule has 5 heteroatoms. The van der Waals surface area contributed by atoms with Crippen LogP contribution in [0.4, 0.5) is 0 Å². The van der Waals surface area contributed by atoms with Gasteiger partial charge < -0.3 is 10.6 Å². The van der Waals surface area contributed by atoms with Gasteiger partial charge in [-0.2, -0.15) is 5.10 Å². The molecule has 2 aromatic rings. The number of nitrogens with one attached hydrogen (secondary N) is 2. The molecule has 1 heterocycles. The topological polar surface area (TPSA) is 59.0 Å². The molecular weight excluding hydrogens is 252 g/mol. The fourth-order valence-corrected chi connectivity index (χ4v) is 1.92. The molecule has 0 atom stereocenters. The third-order valence-corrected chi connectivity index (χ3v) is 3.08. The van der Waals surface area contributed by atoms with Crippen molar-refractivity contribution in [1.82, 2.24) is 20.4 Å². The summed E-state index contributed by atoms with van der Waals surface area (Å²) in [5, 5.41) is 10.1. The highest BCUT2D eigenvalue weighted by atomic mass is 16.1. The Morgan fingerprint density at radius 3 is 2.40 bits per heavy atom. The van der Waals surface area contributed by atoms with Gasteiger partial charge in [0.1, 0.15) is 0 Å². The Hall–Kier alpha value is -2.14. The van der Waals surface area contributed by atoms with Crippen molar-refractivity contribution >= 4 is 5.91 Å². The van der Waals surface area contributed by atoms with E-state index in [2.05, 4.69) is 27.9 Å². The molecule has 0 unspecified atom stereocenters. The molecule has 2 N–H and O–H groups in total. The maximum atomic E-state index is 11.9. The number of carbonyl (C=O) groups is 1. The summed E-state index contributed by atoms with van der Waals surface area (Å²) in [6.07, 6.45) is 3.35. The molecule has 2 rings (SSSR count). The van der Waals surface area contributed by atoms with Gasteiger partial charge in [0.15, 0.2) is 0 Å². The van der Waals surface area contributed by atoms with E-state index in [1.165, 1.54) is 5.56 Å². The van der Waals surface area contributed by atoms with Crippen LogP contribution in [0.25, 0.3) is 0 Å². The van der Waals surface area contributed by atoms with Crippen LogP contribution >= 0.6 is 0 Å². The highest BCUT2D eigenvalue weighted by molar-refractivity contribution is 5.93. The van der Waals surface area contributed by atoms with E-state index in [1.54, 1.807) is 17.1 Å². The van der Waals surface area contributed by atoms with E-state index in [1.807, 2.05) is 26.1 Å². The van der Waals surface area contributed by atoms with Crippen LogP contribution in [0, 0.1) is 0 Å². The van der Waals surface area contributed by atoms with Crippen molar-refractivity contribution in [1.29, 1.82) is 0 Å². The van der Waals surface area contributed by atoms with E-state index in [0.29, 0.717) is 12.1 Å². The van der Waals surface area contributed by atoms with Gasteiger partial charge in [-0.3, -0.25) is 9.48 Å². The summed E-state index contributed by atoms with van der Waals surface area (Å²) in [7, 11) is 1.92. The summed E-state index contributed by atoms with van der Waals surface area (Å²) in [4.78, 5) is 11.9. The van der Waals surface area contributed by atoms with Gasteiger partial charge in [-0.25, -0.2) is 0 Å². The number of aryl methyl sites for hydroxylation is 1. The third-order valence-electron chi connectivity index (χ3n) is 3.08. The van der Waals surface area contributed by atoms with Gasteiger partial charge in [0.2, 0.25) is 0 Å². The number of aromatic nitrogens is 2. The molecular formula is C15H20N4O. The molecule has 0 bridgehead atoms. The summed E-state index contributed by atoms with van der Waals surface area (Å²) in [6, 6.07) is 8.19. The molecule has 0 aliphatic rings. The van der Waals surface area contributed by atoms with E-state index in [-0.39, 0.29) is 5.91 Å². The molecule has 0 saturated carbocycles. The second-order valence-corrected chi connectivity index (χ2v) is 4.61. The lowest BCUT2D eigenvalue weighted by atomic mass is 10.1. The molecule has 106 valence electrons. The fourth-order valence-electron chi connectivity index (χ4n) is 1.92. The van der Waals surface area contributed by atoms with Crippen molar-refractivity contribution in [2.24, 2.45) is 0 Å². The van der Waals surface area contributed by atoms with Gasteiger partial charge >= 0.3 is 0 Å². The van der Waals surface area contributed by atoms with Crippen LogP contribution in [0.3, 0.4) is 0 Å². The lowest BCUT2D eigenvalue weighted by Gasteiger charge is -2.05. The molecule has 1 aromatic heterocycles. The number of hydrogen-bond donors (Lipinski definition) is 2. The van der Waals surface area contributed by atoms with Gasteiger partial charge in [-0.05, 0) is 25.1 Å². The Morgan fingerprint density at radius 1 is 1.20 bits per heavy atom. The summed E-state index contributed by atoms with van der Waals surface area (Å²) in [5.74, 6) is -0.0935. The van der Waals surface area contributed by atoms with Crippen molar-refractivity contribution in [3.05, 3.63) is 53.3 Å². The van der Waals surface area contributed by atoms with Crippen molar-refractivity contribution in [3.8, 4) is 0 Å². The van der Waals surface area contributed by atoms with Gasteiger partial charge in [-0.15, -0.1) is 0 Å². The van der Waals surface area contributed by atoms with Crippen LogP contribution in [-0.2, 0) is 19.6 Å². The van der Waals surface area contributed by atoms with E-state index >= 15 is 0 Å². The van der Waals surface area contributed by atoms with Crippen LogP contribution in [0.1, 0.15) is 28.4 Å². The average molecular weight is 272 g/mol. The number of hydrogen-bond acceptors (Lipinski definition) is 3. The average Bonchev–Trinajstić information content (AvgIpc) is 2.95. The Balaban J connectivity index is 1.89. The maximum absolute atomic E-state index is 11.9. The van der Waals surface area contributed by atoms with Gasteiger partial charge in [-0.1, -0.05) is 24.3 Å². The van der Waals surface area contributed by atoms with Crippen LogP contribution in [0.2, 0.25) is 0 Å². The zero-order valence-corrected chi connectivity index (χ0v) is 11.9. The van der Waals surface area contributed by atoms with Crippen molar-refractivity contribution in [2.75, 3.05) is 7.05 Å². The summed E-state index contributed by atoms with van der Waals surface area (Å²) in [5.41, 5.74) is 2.91. The van der Waals surface area contributed by atoms with Crippen LogP contribution < -0.4 is 10.6 Å². The normalized spacial score (nSPS) is 10.5. The number of nitrogens with zero attached hydrogens (tertiary/aromatic N) is 2. The second-order valence-electron chi connectivity index (χ2n) is 4.61. The Kier molecular flexibility index (Phi) is 4.90. The first-order valence-corrected chi connectivity index (χ1v) is 6.76. The molecule has 0 saturated heterocycles. The van der Waals surface area contributed by atoms with Crippen LogP contribution in [-0.4, -0.2) is 22.7 Å². The van der Waals surface area contributed by atoms with Crippen LogP contribution in [0.5, 0.6) is 0 Å². The maximum Gasteiger partial charge on any atom is 0.254 e. The van der Waals surface area contributed by atoms with Crippen molar-refractivity contribution in [2.45, 2.75) is 26.6 Å². The molecule has 1 aromatic carbocycles. The summed E-state index contributed by atoms with van der Waals surface area (Å²) < 4.78 is 1.74. The molecule has 1 amide bonds. The molecule has 0 radical (unpaired) electrons. The minimum absolute atomic E-state index is 0.0935. The fraction of sp³-hybridized carbons (Fsp3) is 0.333. The Bertz CT molecular complexity index is 560. The van der Waals surface area contributed by atoms with Crippen molar-refractivity contribution < 1.29 is 4.79 Å². The third kappa shape index (κ3) is 3.68. The van der Waals surface area contributed by atoms with Gasteiger partial charge in [0.05, 0.1) is 11.8 Å². The molecule has 5 nitrogen and oxygen atoms in total. The first kappa shape index (κ1) is 14.3. The molecule has 0 spiro atoms. The highest BCUT2D eigenvalue weighted by Crippen LogP contribution is 2.05. The van der Waals surface area contributed by atoms with E-state index in [9.17, 15) is 4.79 Å². The van der Waals surface area contributed by atoms with E-state index in [4.69, 9.17) is 0 Å². The van der Waals surface area contributed by atoms with Crippen LogP contribution in [0.15, 0.2) is 36.7 Å². The SMILES string of the molecule is CCn1cc(C(=O)NCc2ccc(CNC)cc2)cn1. The number of rotatable bonds is 6. The summed E-state index contributed by atoms with van der Waals surface area (Å²) >= 11 is 0. The first-order chi connectivity index (χ1) is 9.72. The Labute approximate surface area is 119 Å². The van der Waals surface area contributed by atoms with Gasteiger partial charge in [0.25, 0.3) is 5.91 Å². The lowest BCUT2D eigenvalue weighted by molar-refractivity contribution is 0.0951. The van der Waals surface area contributed by atoms with Gasteiger partial charge in [0, 0.05) is 25.8 Å². The number of amides is 1. The van der Waals surface area contributed by atoms with E-state index < -0.39 is 0 Å². The quantitative estimate of drug-likeness (QED) is 0.839. The van der Waals surface area contributed by atoms with Crippen molar-refractivity contribution in [3.63, 3.8) is 0 Å². The number of benzene rings is 1. The first-order valence-electron chi connectivity index (χ1n) is 6.76. The largest absolute Gasteiger partial charge is 0.348 e. The Morgan fingerprint density at radius 2 is 1.85 bits per heavy atom. The van der Waals surface area contributed by atoms with E-state index in [0.717, 1.165) is 18.7 Å². The molecule has 20 heavy (non-hydrogen) atoms. The molecule has 0 aliphatic heterocycles.